The van der Waals surface area contributed by atoms with E-state index in [4.69, 9.17) is 10.5 Å². The molecule has 15 heavy (non-hydrogen) atoms. The van der Waals surface area contributed by atoms with Crippen molar-refractivity contribution in [3.8, 4) is 12.1 Å². The van der Waals surface area contributed by atoms with E-state index in [1.807, 2.05) is 12.1 Å². The Morgan fingerprint density at radius 1 is 1.33 bits per heavy atom. The fraction of sp³-hybridized carbons (Fsp3) is 0.182. The monoisotopic (exact) mass is 262 g/mol. The van der Waals surface area contributed by atoms with Crippen LogP contribution < -0.4 is 0 Å². The third-order valence-electron chi connectivity index (χ3n) is 1.92. The lowest BCUT2D eigenvalue weighted by molar-refractivity contribution is -0.115. The molecule has 3 nitrogen and oxygen atoms in total. The summed E-state index contributed by atoms with van der Waals surface area (Å²) in [4.78, 5) is 11.2. The van der Waals surface area contributed by atoms with Crippen LogP contribution in [-0.2, 0) is 11.2 Å². The molecule has 0 amide bonds. The summed E-state index contributed by atoms with van der Waals surface area (Å²) >= 11 is 3.06. The first-order valence-electron chi connectivity index (χ1n) is 4.22. The van der Waals surface area contributed by atoms with Crippen molar-refractivity contribution in [2.75, 3.05) is 5.33 Å². The first-order chi connectivity index (χ1) is 7.22. The molecule has 1 aromatic carbocycles. The van der Waals surface area contributed by atoms with Gasteiger partial charge in [-0.25, -0.2) is 0 Å². The molecule has 1 aromatic rings. The van der Waals surface area contributed by atoms with Crippen LogP contribution in [0.25, 0.3) is 0 Å². The maximum atomic E-state index is 11.2. The summed E-state index contributed by atoms with van der Waals surface area (Å²) in [5.74, 6) is -0.0124. The summed E-state index contributed by atoms with van der Waals surface area (Å²) in [6.45, 7) is 0. The Bertz CT molecular complexity index is 468. The molecule has 0 atom stereocenters. The molecule has 0 aromatic heterocycles. The Hall–Kier alpha value is -1.65. The Morgan fingerprint density at radius 3 is 2.60 bits per heavy atom. The van der Waals surface area contributed by atoms with Gasteiger partial charge in [-0.3, -0.25) is 4.79 Å². The van der Waals surface area contributed by atoms with E-state index in [1.165, 1.54) is 0 Å². The lowest BCUT2D eigenvalue weighted by Crippen LogP contribution is -2.05. The summed E-state index contributed by atoms with van der Waals surface area (Å²) in [6, 6.07) is 8.83. The second kappa shape index (κ2) is 5.29. The standard InChI is InChI=1S/C11H7BrN2O/c12-5-10(15)4-8-2-1-3-9(6-13)11(8)7-14/h1-3H,4-5H2. The van der Waals surface area contributed by atoms with Gasteiger partial charge in [0.05, 0.1) is 16.5 Å². The summed E-state index contributed by atoms with van der Waals surface area (Å²) in [6.07, 6.45) is 0.184. The second-order valence-corrected chi connectivity index (χ2v) is 3.47. The highest BCUT2D eigenvalue weighted by molar-refractivity contribution is 9.09. The highest BCUT2D eigenvalue weighted by Crippen LogP contribution is 2.14. The van der Waals surface area contributed by atoms with E-state index in [0.717, 1.165) is 0 Å². The number of nitriles is 2. The van der Waals surface area contributed by atoms with Gasteiger partial charge in [0.1, 0.15) is 17.9 Å². The molecular weight excluding hydrogens is 256 g/mol. The van der Waals surface area contributed by atoms with E-state index in [9.17, 15) is 4.79 Å². The Labute approximate surface area is 96.1 Å². The van der Waals surface area contributed by atoms with Gasteiger partial charge in [0, 0.05) is 6.42 Å². The minimum Gasteiger partial charge on any atom is -0.298 e. The predicted molar refractivity (Wildman–Crippen MR) is 58.4 cm³/mol. The van der Waals surface area contributed by atoms with E-state index in [-0.39, 0.29) is 17.5 Å². The summed E-state index contributed by atoms with van der Waals surface area (Å²) < 4.78 is 0. The lowest BCUT2D eigenvalue weighted by atomic mass is 9.99. The topological polar surface area (TPSA) is 64.7 Å². The first-order valence-corrected chi connectivity index (χ1v) is 5.34. The van der Waals surface area contributed by atoms with Crippen LogP contribution in [0.4, 0.5) is 0 Å². The van der Waals surface area contributed by atoms with Crippen molar-refractivity contribution in [2.45, 2.75) is 6.42 Å². The molecule has 0 saturated carbocycles. The number of halogens is 1. The molecule has 0 fully saturated rings. The number of rotatable bonds is 3. The van der Waals surface area contributed by atoms with Gasteiger partial charge < -0.3 is 0 Å². The summed E-state index contributed by atoms with van der Waals surface area (Å²) in [5.41, 5.74) is 1.23. The van der Waals surface area contributed by atoms with Crippen molar-refractivity contribution in [2.24, 2.45) is 0 Å². The molecule has 0 spiro atoms. The van der Waals surface area contributed by atoms with E-state index in [1.54, 1.807) is 18.2 Å². The molecule has 74 valence electrons. The zero-order chi connectivity index (χ0) is 11.3. The molecule has 1 rings (SSSR count). The smallest absolute Gasteiger partial charge is 0.147 e. The van der Waals surface area contributed by atoms with Gasteiger partial charge in [0.25, 0.3) is 0 Å². The van der Waals surface area contributed by atoms with Gasteiger partial charge in [-0.15, -0.1) is 0 Å². The molecule has 0 saturated heterocycles. The molecule has 4 heteroatoms. The van der Waals surface area contributed by atoms with Crippen molar-refractivity contribution in [1.29, 1.82) is 10.5 Å². The number of nitrogens with zero attached hydrogens (tertiary/aromatic N) is 2. The Kier molecular flexibility index (Phi) is 4.03. The maximum Gasteiger partial charge on any atom is 0.147 e. The number of Topliss-reactive ketones (excluding diaryl/α,β-unsaturated/α-hetero) is 1. The SMILES string of the molecule is N#Cc1cccc(CC(=O)CBr)c1C#N. The number of carbonyl (C=O) groups is 1. The molecule has 0 N–H and O–H groups in total. The molecule has 0 bridgehead atoms. The van der Waals surface area contributed by atoms with Gasteiger partial charge in [-0.05, 0) is 11.6 Å². The van der Waals surface area contributed by atoms with Crippen molar-refractivity contribution in [1.82, 2.24) is 0 Å². The van der Waals surface area contributed by atoms with Crippen LogP contribution in [0.3, 0.4) is 0 Å². The van der Waals surface area contributed by atoms with Crippen LogP contribution >= 0.6 is 15.9 Å². The number of carbonyl (C=O) groups excluding carboxylic acids is 1. The van der Waals surface area contributed by atoms with Crippen LogP contribution in [0.15, 0.2) is 18.2 Å². The van der Waals surface area contributed by atoms with Crippen LogP contribution in [0.1, 0.15) is 16.7 Å². The lowest BCUT2D eigenvalue weighted by Gasteiger charge is -2.02. The largest absolute Gasteiger partial charge is 0.298 e. The maximum absolute atomic E-state index is 11.2. The number of alkyl halides is 1. The van der Waals surface area contributed by atoms with E-state index < -0.39 is 0 Å². The van der Waals surface area contributed by atoms with Gasteiger partial charge in [0.15, 0.2) is 0 Å². The number of hydrogen-bond acceptors (Lipinski definition) is 3. The zero-order valence-electron chi connectivity index (χ0n) is 7.83. The molecule has 0 radical (unpaired) electrons. The molecule has 0 aliphatic carbocycles. The van der Waals surface area contributed by atoms with Gasteiger partial charge in [-0.2, -0.15) is 10.5 Å². The number of ketones is 1. The normalized spacial score (nSPS) is 9.00. The summed E-state index contributed by atoms with van der Waals surface area (Å²) in [7, 11) is 0. The highest BCUT2D eigenvalue weighted by Gasteiger charge is 2.10. The van der Waals surface area contributed by atoms with Gasteiger partial charge >= 0.3 is 0 Å². The number of hydrogen-bond donors (Lipinski definition) is 0. The molecule has 0 unspecified atom stereocenters. The van der Waals surface area contributed by atoms with Crippen molar-refractivity contribution in [3.05, 3.63) is 34.9 Å². The molecule has 0 aliphatic heterocycles. The van der Waals surface area contributed by atoms with E-state index in [2.05, 4.69) is 15.9 Å². The average Bonchev–Trinajstić information content (AvgIpc) is 2.28. The second-order valence-electron chi connectivity index (χ2n) is 2.91. The highest BCUT2D eigenvalue weighted by atomic mass is 79.9. The van der Waals surface area contributed by atoms with Crippen LogP contribution in [0.2, 0.25) is 0 Å². The molecule has 0 aliphatic rings. The number of benzene rings is 1. The average molecular weight is 263 g/mol. The summed E-state index contributed by atoms with van der Waals surface area (Å²) in [5, 5.41) is 17.9. The van der Waals surface area contributed by atoms with Crippen LogP contribution in [-0.4, -0.2) is 11.1 Å². The van der Waals surface area contributed by atoms with Gasteiger partial charge in [0.2, 0.25) is 0 Å². The van der Waals surface area contributed by atoms with Crippen molar-refractivity contribution >= 4 is 21.7 Å². The fourth-order valence-electron chi connectivity index (χ4n) is 1.23. The van der Waals surface area contributed by atoms with E-state index >= 15 is 0 Å². The predicted octanol–water partition coefficient (Wildman–Crippen LogP) is 1.94. The quantitative estimate of drug-likeness (QED) is 0.782. The Morgan fingerprint density at radius 2 is 2.07 bits per heavy atom. The van der Waals surface area contributed by atoms with Gasteiger partial charge in [-0.1, -0.05) is 28.1 Å². The Balaban J connectivity index is 3.15. The minimum atomic E-state index is -0.0124. The third kappa shape index (κ3) is 2.65. The molecular formula is C11H7BrN2O. The zero-order valence-corrected chi connectivity index (χ0v) is 9.41. The van der Waals surface area contributed by atoms with Crippen LogP contribution in [0.5, 0.6) is 0 Å². The van der Waals surface area contributed by atoms with Crippen molar-refractivity contribution in [3.63, 3.8) is 0 Å². The fourth-order valence-corrected chi connectivity index (χ4v) is 1.43. The first kappa shape index (κ1) is 11.4. The molecule has 0 heterocycles. The van der Waals surface area contributed by atoms with Crippen molar-refractivity contribution < 1.29 is 4.79 Å². The van der Waals surface area contributed by atoms with E-state index in [0.29, 0.717) is 16.7 Å². The minimum absolute atomic E-state index is 0.0124. The van der Waals surface area contributed by atoms with Crippen LogP contribution in [0, 0.1) is 22.7 Å². The third-order valence-corrected chi connectivity index (χ3v) is 2.55.